The van der Waals surface area contributed by atoms with Crippen molar-refractivity contribution >= 4 is 6.21 Å². The van der Waals surface area contributed by atoms with Gasteiger partial charge in [-0.15, -0.1) is 6.58 Å². The highest BCUT2D eigenvalue weighted by Gasteiger charge is 2.02. The van der Waals surface area contributed by atoms with Crippen molar-refractivity contribution in [2.75, 3.05) is 7.05 Å². The number of hydrogen-bond donors (Lipinski definition) is 0. The molecule has 0 aromatic rings. The van der Waals surface area contributed by atoms with Gasteiger partial charge in [0.25, 0.3) is 0 Å². The first-order chi connectivity index (χ1) is 6.11. The van der Waals surface area contributed by atoms with Gasteiger partial charge in [0.15, 0.2) is 0 Å². The summed E-state index contributed by atoms with van der Waals surface area (Å²) in [5.41, 5.74) is 1.03. The normalized spacial score (nSPS) is 13.5. The second-order valence-corrected chi connectivity index (χ2v) is 2.88. The molecule has 0 saturated carbocycles. The Balaban J connectivity index is 4.33. The van der Waals surface area contributed by atoms with Gasteiger partial charge in [-0.25, -0.2) is 0 Å². The smallest absolute Gasteiger partial charge is 0.0828 e. The Morgan fingerprint density at radius 1 is 1.54 bits per heavy atom. The fourth-order valence-corrected chi connectivity index (χ4v) is 0.878. The number of nitrogens with zero attached hydrogens (tertiary/aromatic N) is 2. The first-order valence-corrected chi connectivity index (χ1v) is 4.29. The highest BCUT2D eigenvalue weighted by molar-refractivity contribution is 5.52. The van der Waals surface area contributed by atoms with Crippen LogP contribution in [-0.2, 0) is 0 Å². The molecular formula is C11H18N2. The molecule has 1 unspecified atom stereocenters. The molecule has 72 valence electrons. The minimum atomic E-state index is 0.132. The Labute approximate surface area is 80.9 Å². The summed E-state index contributed by atoms with van der Waals surface area (Å²) in [4.78, 5) is 0. The van der Waals surface area contributed by atoms with Crippen molar-refractivity contribution in [1.82, 2.24) is 5.01 Å². The molecule has 0 rings (SSSR count). The van der Waals surface area contributed by atoms with E-state index in [1.807, 2.05) is 44.1 Å². The van der Waals surface area contributed by atoms with Crippen LogP contribution in [0.1, 0.15) is 13.8 Å². The van der Waals surface area contributed by atoms with E-state index in [9.17, 15) is 0 Å². The van der Waals surface area contributed by atoms with Crippen molar-refractivity contribution in [1.29, 1.82) is 0 Å². The Morgan fingerprint density at radius 3 is 2.54 bits per heavy atom. The van der Waals surface area contributed by atoms with Crippen LogP contribution in [0.5, 0.6) is 0 Å². The van der Waals surface area contributed by atoms with Crippen molar-refractivity contribution in [2.45, 2.75) is 19.9 Å². The van der Waals surface area contributed by atoms with Gasteiger partial charge in [-0.3, -0.25) is 5.01 Å². The molecule has 0 aromatic heterocycles. The number of likely N-dealkylation sites (N-methyl/N-ethyl adjacent to an activating group) is 1. The van der Waals surface area contributed by atoms with E-state index >= 15 is 0 Å². The van der Waals surface area contributed by atoms with Gasteiger partial charge in [-0.2, -0.15) is 5.10 Å². The summed E-state index contributed by atoms with van der Waals surface area (Å²) in [6.45, 7) is 11.4. The lowest BCUT2D eigenvalue weighted by atomic mass is 10.2. The number of hydrazone groups is 1. The van der Waals surface area contributed by atoms with Crippen LogP contribution in [0.3, 0.4) is 0 Å². The van der Waals surface area contributed by atoms with Crippen molar-refractivity contribution in [2.24, 2.45) is 5.10 Å². The maximum absolute atomic E-state index is 4.13. The second-order valence-electron chi connectivity index (χ2n) is 2.88. The van der Waals surface area contributed by atoms with Crippen molar-refractivity contribution in [3.63, 3.8) is 0 Å². The zero-order valence-corrected chi connectivity index (χ0v) is 8.70. The summed E-state index contributed by atoms with van der Waals surface area (Å²) in [6.07, 6.45) is 7.58. The van der Waals surface area contributed by atoms with Gasteiger partial charge in [0.1, 0.15) is 0 Å². The molecule has 0 radical (unpaired) electrons. The molecule has 0 heterocycles. The maximum Gasteiger partial charge on any atom is 0.0828 e. The van der Waals surface area contributed by atoms with Gasteiger partial charge in [0.05, 0.1) is 6.04 Å². The third-order valence-corrected chi connectivity index (χ3v) is 1.55. The standard InChI is InChI=1S/C11H18N2/c1-6-11(9-8-10(3)4)13(5)12-7-2/h6-9,11H,1,3H2,2,4-5H3. The van der Waals surface area contributed by atoms with Crippen LogP contribution >= 0.6 is 0 Å². The van der Waals surface area contributed by atoms with Crippen LogP contribution in [0.25, 0.3) is 0 Å². The summed E-state index contributed by atoms with van der Waals surface area (Å²) in [7, 11) is 1.91. The van der Waals surface area contributed by atoms with Crippen LogP contribution in [0.15, 0.2) is 42.1 Å². The molecule has 0 aliphatic carbocycles. The fourth-order valence-electron chi connectivity index (χ4n) is 0.878. The SMILES string of the molecule is C=CC(C=CC(=C)C)N(C)N=CC. The molecule has 0 aromatic carbocycles. The Hall–Kier alpha value is -1.31. The second kappa shape index (κ2) is 6.23. The minimum absolute atomic E-state index is 0.132. The van der Waals surface area contributed by atoms with E-state index < -0.39 is 0 Å². The molecule has 2 nitrogen and oxygen atoms in total. The molecule has 0 spiro atoms. The lowest BCUT2D eigenvalue weighted by Gasteiger charge is -2.18. The third-order valence-electron chi connectivity index (χ3n) is 1.55. The van der Waals surface area contributed by atoms with Crippen LogP contribution in [0, 0.1) is 0 Å². The Bertz CT molecular complexity index is 226. The Morgan fingerprint density at radius 2 is 2.15 bits per heavy atom. The fraction of sp³-hybridized carbons (Fsp3) is 0.364. The zero-order valence-electron chi connectivity index (χ0n) is 8.70. The molecule has 0 saturated heterocycles. The molecule has 1 atom stereocenters. The number of hydrogen-bond acceptors (Lipinski definition) is 2. The molecule has 0 amide bonds. The minimum Gasteiger partial charge on any atom is -0.290 e. The van der Waals surface area contributed by atoms with Gasteiger partial charge in [-0.05, 0) is 13.8 Å². The summed E-state index contributed by atoms with van der Waals surface area (Å²) in [5, 5.41) is 5.97. The molecule has 13 heavy (non-hydrogen) atoms. The summed E-state index contributed by atoms with van der Waals surface area (Å²) < 4.78 is 0. The summed E-state index contributed by atoms with van der Waals surface area (Å²) >= 11 is 0. The van der Waals surface area contributed by atoms with Crippen LogP contribution < -0.4 is 0 Å². The number of rotatable bonds is 5. The van der Waals surface area contributed by atoms with Crippen molar-refractivity contribution in [3.05, 3.63) is 37.0 Å². The zero-order chi connectivity index (χ0) is 10.3. The highest BCUT2D eigenvalue weighted by Crippen LogP contribution is 2.02. The predicted molar refractivity (Wildman–Crippen MR) is 59.9 cm³/mol. The topological polar surface area (TPSA) is 15.6 Å². The van der Waals surface area contributed by atoms with E-state index in [1.165, 1.54) is 0 Å². The van der Waals surface area contributed by atoms with Gasteiger partial charge < -0.3 is 0 Å². The van der Waals surface area contributed by atoms with E-state index in [0.717, 1.165) is 5.57 Å². The molecule has 0 N–H and O–H groups in total. The third kappa shape index (κ3) is 5.01. The van der Waals surface area contributed by atoms with Crippen molar-refractivity contribution < 1.29 is 0 Å². The summed E-state index contributed by atoms with van der Waals surface area (Å²) in [5.74, 6) is 0. The first-order valence-electron chi connectivity index (χ1n) is 4.29. The van der Waals surface area contributed by atoms with Gasteiger partial charge in [0, 0.05) is 13.3 Å². The van der Waals surface area contributed by atoms with Gasteiger partial charge in [0.2, 0.25) is 0 Å². The predicted octanol–water partition coefficient (Wildman–Crippen LogP) is 2.61. The van der Waals surface area contributed by atoms with E-state index in [0.29, 0.717) is 0 Å². The highest BCUT2D eigenvalue weighted by atomic mass is 15.4. The maximum atomic E-state index is 4.13. The van der Waals surface area contributed by atoms with Crippen LogP contribution in [0.4, 0.5) is 0 Å². The van der Waals surface area contributed by atoms with Crippen LogP contribution in [-0.4, -0.2) is 24.3 Å². The van der Waals surface area contributed by atoms with Gasteiger partial charge >= 0.3 is 0 Å². The lowest BCUT2D eigenvalue weighted by molar-refractivity contribution is 0.339. The molecule has 0 bridgehead atoms. The van der Waals surface area contributed by atoms with Crippen LogP contribution in [0.2, 0.25) is 0 Å². The van der Waals surface area contributed by atoms with E-state index in [1.54, 1.807) is 6.21 Å². The van der Waals surface area contributed by atoms with E-state index in [2.05, 4.69) is 18.3 Å². The van der Waals surface area contributed by atoms with Gasteiger partial charge in [-0.1, -0.05) is 30.4 Å². The molecular weight excluding hydrogens is 160 g/mol. The van der Waals surface area contributed by atoms with Crippen molar-refractivity contribution in [3.8, 4) is 0 Å². The first kappa shape index (κ1) is 11.7. The Kier molecular flexibility index (Phi) is 5.60. The average molecular weight is 178 g/mol. The molecule has 0 aliphatic heterocycles. The average Bonchev–Trinajstić information content (AvgIpc) is 2.05. The lowest BCUT2D eigenvalue weighted by Crippen LogP contribution is -2.22. The number of allylic oxidation sites excluding steroid dienone is 2. The van der Waals surface area contributed by atoms with E-state index in [-0.39, 0.29) is 6.04 Å². The largest absolute Gasteiger partial charge is 0.290 e. The quantitative estimate of drug-likeness (QED) is 0.273. The summed E-state index contributed by atoms with van der Waals surface area (Å²) in [6, 6.07) is 0.132. The monoisotopic (exact) mass is 178 g/mol. The molecule has 0 fully saturated rings. The van der Waals surface area contributed by atoms with E-state index in [4.69, 9.17) is 0 Å². The molecule has 2 heteroatoms. The molecule has 0 aliphatic rings.